The van der Waals surface area contributed by atoms with Crippen LogP contribution in [0.5, 0.6) is 0 Å². The van der Waals surface area contributed by atoms with Gasteiger partial charge < -0.3 is 16.0 Å². The summed E-state index contributed by atoms with van der Waals surface area (Å²) in [5, 5.41) is 15.5. The number of rotatable bonds is 12. The first-order chi connectivity index (χ1) is 22.5. The third-order valence-electron chi connectivity index (χ3n) is 8.17. The molecule has 0 aliphatic carbocycles. The molecule has 6 rings (SSSR count). The predicted octanol–water partition coefficient (Wildman–Crippen LogP) is 5.70. The van der Waals surface area contributed by atoms with E-state index >= 15 is 0 Å². The second-order valence-electron chi connectivity index (χ2n) is 11.4. The van der Waals surface area contributed by atoms with Gasteiger partial charge in [-0.25, -0.2) is 0 Å². The first-order valence-electron chi connectivity index (χ1n) is 15.5. The Morgan fingerprint density at radius 2 is 0.674 bits per heavy atom. The molecule has 230 valence electrons. The highest BCUT2D eigenvalue weighted by Gasteiger charge is 2.19. The smallest absolute Gasteiger partial charge is 0.234 e. The Morgan fingerprint density at radius 3 is 1.00 bits per heavy atom. The molecule has 7 heteroatoms. The summed E-state index contributed by atoms with van der Waals surface area (Å²) < 4.78 is 0. The van der Waals surface area contributed by atoms with E-state index in [-0.39, 0.29) is 37.4 Å². The molecule has 6 aromatic rings. The Bertz CT molecular complexity index is 1780. The highest BCUT2D eigenvalue weighted by Crippen LogP contribution is 2.20. The van der Waals surface area contributed by atoms with Crippen molar-refractivity contribution in [2.24, 2.45) is 0 Å². The molecule has 0 saturated heterocycles. The van der Waals surface area contributed by atoms with Crippen LogP contribution in [0.2, 0.25) is 0 Å². The van der Waals surface area contributed by atoms with E-state index in [0.717, 1.165) is 49.0 Å². The van der Waals surface area contributed by atoms with Crippen LogP contribution in [-0.4, -0.2) is 42.3 Å². The van der Waals surface area contributed by atoms with Crippen LogP contribution >= 0.6 is 0 Å². The summed E-state index contributed by atoms with van der Waals surface area (Å²) in [6.07, 6.45) is 0. The van der Waals surface area contributed by atoms with E-state index in [9.17, 15) is 14.4 Å². The van der Waals surface area contributed by atoms with Crippen molar-refractivity contribution in [2.45, 2.75) is 19.6 Å². The van der Waals surface area contributed by atoms with Gasteiger partial charge in [0.05, 0.1) is 19.6 Å². The summed E-state index contributed by atoms with van der Waals surface area (Å²) >= 11 is 0. The highest BCUT2D eigenvalue weighted by molar-refractivity contribution is 5.89. The Balaban J connectivity index is 1.11. The predicted molar refractivity (Wildman–Crippen MR) is 184 cm³/mol. The van der Waals surface area contributed by atoms with Gasteiger partial charge in [-0.3, -0.25) is 19.3 Å². The largest absolute Gasteiger partial charge is 0.351 e. The normalized spacial score (nSPS) is 11.2. The lowest BCUT2D eigenvalue weighted by molar-refractivity contribution is -0.127. The minimum absolute atomic E-state index is 0.103. The van der Waals surface area contributed by atoms with Crippen molar-refractivity contribution in [3.8, 4) is 0 Å². The van der Waals surface area contributed by atoms with Gasteiger partial charge in [-0.1, -0.05) is 127 Å². The number of benzene rings is 6. The van der Waals surface area contributed by atoms with E-state index in [1.54, 1.807) is 4.90 Å². The molecule has 0 heterocycles. The quantitative estimate of drug-likeness (QED) is 0.166. The first kappa shape index (κ1) is 30.5. The summed E-state index contributed by atoms with van der Waals surface area (Å²) in [7, 11) is 0. The number of nitrogens with zero attached hydrogens (tertiary/aromatic N) is 1. The molecule has 0 bridgehead atoms. The molecular formula is C39H36N4O3. The van der Waals surface area contributed by atoms with Gasteiger partial charge in [-0.15, -0.1) is 0 Å². The lowest BCUT2D eigenvalue weighted by atomic mass is 10.0. The molecule has 0 aliphatic rings. The van der Waals surface area contributed by atoms with Crippen LogP contribution in [0.15, 0.2) is 127 Å². The van der Waals surface area contributed by atoms with E-state index < -0.39 is 0 Å². The standard InChI is InChI=1S/C39H36N4O3/c44-37(40-22-31-16-7-13-28-10-1-4-19-34(28)31)25-43(26-38(45)41-23-32-17-8-14-29-11-2-5-20-35(29)32)27-39(46)42-24-33-18-9-15-30-12-3-6-21-36(30)33/h1-21H,22-27H2,(H,40,44)(H,41,45)(H,42,46). The molecular weight excluding hydrogens is 572 g/mol. The lowest BCUT2D eigenvalue weighted by Crippen LogP contribution is -2.46. The fourth-order valence-electron chi connectivity index (χ4n) is 5.87. The van der Waals surface area contributed by atoms with Crippen molar-refractivity contribution in [3.63, 3.8) is 0 Å². The van der Waals surface area contributed by atoms with E-state index in [1.807, 2.05) is 127 Å². The molecule has 3 amide bonds. The van der Waals surface area contributed by atoms with Crippen LogP contribution in [0.3, 0.4) is 0 Å². The van der Waals surface area contributed by atoms with Gasteiger partial charge in [-0.05, 0) is 49.0 Å². The number of hydrogen-bond acceptors (Lipinski definition) is 4. The molecule has 0 aliphatic heterocycles. The summed E-state index contributed by atoms with van der Waals surface area (Å²) in [5.74, 6) is -0.801. The SMILES string of the molecule is O=C(CN(CC(=O)NCc1cccc2ccccc12)CC(=O)NCc1cccc2ccccc12)NCc1cccc2ccccc12. The van der Waals surface area contributed by atoms with Gasteiger partial charge in [0.15, 0.2) is 0 Å². The summed E-state index contributed by atoms with van der Waals surface area (Å²) in [5.41, 5.74) is 3.00. The van der Waals surface area contributed by atoms with E-state index in [0.29, 0.717) is 19.6 Å². The van der Waals surface area contributed by atoms with Crippen molar-refractivity contribution in [2.75, 3.05) is 19.6 Å². The Kier molecular flexibility index (Phi) is 9.61. The number of hydrogen-bond donors (Lipinski definition) is 3. The van der Waals surface area contributed by atoms with Crippen molar-refractivity contribution < 1.29 is 14.4 Å². The molecule has 3 N–H and O–H groups in total. The minimum Gasteiger partial charge on any atom is -0.351 e. The Morgan fingerprint density at radius 1 is 0.391 bits per heavy atom. The zero-order chi connectivity index (χ0) is 31.7. The summed E-state index contributed by atoms with van der Waals surface area (Å²) in [4.78, 5) is 41.1. The van der Waals surface area contributed by atoms with Crippen LogP contribution in [-0.2, 0) is 34.0 Å². The van der Waals surface area contributed by atoms with Crippen molar-refractivity contribution in [1.82, 2.24) is 20.9 Å². The maximum atomic E-state index is 13.2. The van der Waals surface area contributed by atoms with Gasteiger partial charge >= 0.3 is 0 Å². The monoisotopic (exact) mass is 608 g/mol. The number of amides is 3. The summed E-state index contributed by atoms with van der Waals surface area (Å²) in [6.45, 7) is 0.716. The molecule has 0 radical (unpaired) electrons. The maximum absolute atomic E-state index is 13.2. The maximum Gasteiger partial charge on any atom is 0.234 e. The van der Waals surface area contributed by atoms with Crippen molar-refractivity contribution in [3.05, 3.63) is 144 Å². The molecule has 0 saturated carbocycles. The highest BCUT2D eigenvalue weighted by atomic mass is 16.2. The number of fused-ring (bicyclic) bond motifs is 3. The second-order valence-corrected chi connectivity index (χ2v) is 11.4. The molecule has 7 nitrogen and oxygen atoms in total. The third-order valence-corrected chi connectivity index (χ3v) is 8.17. The van der Waals surface area contributed by atoms with E-state index in [2.05, 4.69) is 16.0 Å². The first-order valence-corrected chi connectivity index (χ1v) is 15.5. The number of carbonyl (C=O) groups excluding carboxylic acids is 3. The minimum atomic E-state index is -0.267. The lowest BCUT2D eigenvalue weighted by Gasteiger charge is -2.21. The molecule has 46 heavy (non-hydrogen) atoms. The fourth-order valence-corrected chi connectivity index (χ4v) is 5.87. The number of nitrogens with one attached hydrogen (secondary N) is 3. The van der Waals surface area contributed by atoms with Crippen LogP contribution in [0.4, 0.5) is 0 Å². The van der Waals surface area contributed by atoms with Crippen molar-refractivity contribution in [1.29, 1.82) is 0 Å². The van der Waals surface area contributed by atoms with E-state index in [1.165, 1.54) is 0 Å². The molecule has 0 fully saturated rings. The second kappa shape index (κ2) is 14.5. The molecule has 0 unspecified atom stereocenters. The van der Waals surface area contributed by atoms with Crippen molar-refractivity contribution >= 4 is 50.0 Å². The van der Waals surface area contributed by atoms with Gasteiger partial charge in [0.2, 0.25) is 17.7 Å². The van der Waals surface area contributed by atoms with E-state index in [4.69, 9.17) is 0 Å². The molecule has 6 aromatic carbocycles. The van der Waals surface area contributed by atoms with Gasteiger partial charge in [-0.2, -0.15) is 0 Å². The number of carbonyl (C=O) groups is 3. The third kappa shape index (κ3) is 7.57. The van der Waals surface area contributed by atoms with Gasteiger partial charge in [0.1, 0.15) is 0 Å². The Labute approximate surface area is 268 Å². The average molecular weight is 609 g/mol. The zero-order valence-electron chi connectivity index (χ0n) is 25.5. The molecule has 0 atom stereocenters. The zero-order valence-corrected chi connectivity index (χ0v) is 25.5. The summed E-state index contributed by atoms with van der Waals surface area (Å²) in [6, 6.07) is 42.1. The molecule has 0 aromatic heterocycles. The topological polar surface area (TPSA) is 90.5 Å². The fraction of sp³-hybridized carbons (Fsp3) is 0.154. The van der Waals surface area contributed by atoms with Crippen LogP contribution in [0, 0.1) is 0 Å². The van der Waals surface area contributed by atoms with Gasteiger partial charge in [0, 0.05) is 19.6 Å². The van der Waals surface area contributed by atoms with Crippen LogP contribution in [0.25, 0.3) is 32.3 Å². The van der Waals surface area contributed by atoms with Crippen LogP contribution < -0.4 is 16.0 Å². The molecule has 0 spiro atoms. The average Bonchev–Trinajstić information content (AvgIpc) is 3.08. The van der Waals surface area contributed by atoms with Crippen LogP contribution in [0.1, 0.15) is 16.7 Å². The van der Waals surface area contributed by atoms with Gasteiger partial charge in [0.25, 0.3) is 0 Å². The Hall–Kier alpha value is -5.53.